The Morgan fingerprint density at radius 3 is 2.56 bits per heavy atom. The molecule has 0 spiro atoms. The van der Waals surface area contributed by atoms with E-state index in [0.717, 1.165) is 32.6 Å². The lowest BCUT2D eigenvalue weighted by Gasteiger charge is -2.17. The van der Waals surface area contributed by atoms with Crippen LogP contribution in [0.1, 0.15) is 25.8 Å². The van der Waals surface area contributed by atoms with Crippen LogP contribution in [0, 0.1) is 0 Å². The number of nitrogens with one attached hydrogen (secondary N) is 1. The molecule has 0 saturated heterocycles. The van der Waals surface area contributed by atoms with Gasteiger partial charge in [-0.15, -0.1) is 0 Å². The van der Waals surface area contributed by atoms with Crippen LogP contribution in [0.3, 0.4) is 0 Å². The fourth-order valence-corrected chi connectivity index (χ4v) is 1.83. The maximum Gasteiger partial charge on any atom is 0.0480 e. The zero-order valence-corrected chi connectivity index (χ0v) is 10.4. The molecule has 1 N–H and O–H groups in total. The normalized spacial score (nSPS) is 12.6. The van der Waals surface area contributed by atoms with Crippen LogP contribution in [0.2, 0.25) is 0 Å². The van der Waals surface area contributed by atoms with Gasteiger partial charge < -0.3 is 10.1 Å². The summed E-state index contributed by atoms with van der Waals surface area (Å²) in [6, 6.07) is 11.2. The largest absolute Gasteiger partial charge is 0.382 e. The molecule has 0 amide bonds. The minimum absolute atomic E-state index is 0.527. The van der Waals surface area contributed by atoms with Crippen molar-refractivity contribution in [2.45, 2.75) is 32.7 Å². The molecule has 0 fully saturated rings. The Morgan fingerprint density at radius 2 is 1.94 bits per heavy atom. The molecule has 1 aromatic carbocycles. The maximum absolute atomic E-state index is 5.41. The van der Waals surface area contributed by atoms with Gasteiger partial charge in [0, 0.05) is 19.3 Å². The van der Waals surface area contributed by atoms with Crippen molar-refractivity contribution in [1.82, 2.24) is 5.32 Å². The lowest BCUT2D eigenvalue weighted by atomic mass is 10.0. The van der Waals surface area contributed by atoms with Gasteiger partial charge in [-0.3, -0.25) is 0 Å². The molecule has 0 aliphatic carbocycles. The zero-order valence-electron chi connectivity index (χ0n) is 10.4. The van der Waals surface area contributed by atoms with Crippen LogP contribution in [-0.2, 0) is 11.2 Å². The lowest BCUT2D eigenvalue weighted by Crippen LogP contribution is -2.32. The van der Waals surface area contributed by atoms with Gasteiger partial charge >= 0.3 is 0 Å². The summed E-state index contributed by atoms with van der Waals surface area (Å²) in [4.78, 5) is 0. The third-order valence-electron chi connectivity index (χ3n) is 2.63. The molecule has 1 aromatic rings. The number of benzene rings is 1. The van der Waals surface area contributed by atoms with E-state index >= 15 is 0 Å². The van der Waals surface area contributed by atoms with E-state index in [1.807, 2.05) is 6.92 Å². The zero-order chi connectivity index (χ0) is 11.6. The number of likely N-dealkylation sites (N-methyl/N-ethyl adjacent to an activating group) is 1. The molecule has 0 aromatic heterocycles. The van der Waals surface area contributed by atoms with E-state index in [0.29, 0.717) is 6.04 Å². The molecule has 1 rings (SSSR count). The molecule has 1 atom stereocenters. The molecule has 16 heavy (non-hydrogen) atoms. The van der Waals surface area contributed by atoms with Gasteiger partial charge in [-0.1, -0.05) is 37.3 Å². The number of hydrogen-bond donors (Lipinski definition) is 1. The van der Waals surface area contributed by atoms with Gasteiger partial charge in [0.25, 0.3) is 0 Å². The van der Waals surface area contributed by atoms with Gasteiger partial charge in [0.1, 0.15) is 0 Å². The summed E-state index contributed by atoms with van der Waals surface area (Å²) in [6.45, 7) is 6.87. The van der Waals surface area contributed by atoms with E-state index in [9.17, 15) is 0 Å². The quantitative estimate of drug-likeness (QED) is 0.681. The number of hydrogen-bond acceptors (Lipinski definition) is 2. The topological polar surface area (TPSA) is 21.3 Å². The van der Waals surface area contributed by atoms with Crippen molar-refractivity contribution in [2.75, 3.05) is 19.8 Å². The monoisotopic (exact) mass is 221 g/mol. The molecule has 90 valence electrons. The second-order valence-corrected chi connectivity index (χ2v) is 3.93. The summed E-state index contributed by atoms with van der Waals surface area (Å²) in [5.41, 5.74) is 1.39. The van der Waals surface area contributed by atoms with Gasteiger partial charge in [0.05, 0.1) is 0 Å². The van der Waals surface area contributed by atoms with Crippen LogP contribution < -0.4 is 5.32 Å². The molecule has 0 saturated carbocycles. The van der Waals surface area contributed by atoms with Crippen LogP contribution >= 0.6 is 0 Å². The van der Waals surface area contributed by atoms with Crippen LogP contribution in [-0.4, -0.2) is 25.8 Å². The van der Waals surface area contributed by atoms with Crippen molar-refractivity contribution in [3.8, 4) is 0 Å². The van der Waals surface area contributed by atoms with Gasteiger partial charge in [-0.05, 0) is 31.9 Å². The van der Waals surface area contributed by atoms with Gasteiger partial charge in [-0.25, -0.2) is 0 Å². The molecule has 0 radical (unpaired) electrons. The molecule has 1 unspecified atom stereocenters. The first kappa shape index (κ1) is 13.2. The Bertz CT molecular complexity index is 261. The lowest BCUT2D eigenvalue weighted by molar-refractivity contribution is 0.136. The predicted molar refractivity (Wildman–Crippen MR) is 68.7 cm³/mol. The predicted octanol–water partition coefficient (Wildman–Crippen LogP) is 2.63. The average molecular weight is 221 g/mol. The Kier molecular flexibility index (Phi) is 6.86. The summed E-state index contributed by atoms with van der Waals surface area (Å²) in [7, 11) is 0. The fraction of sp³-hybridized carbons (Fsp3) is 0.571. The summed E-state index contributed by atoms with van der Waals surface area (Å²) in [5.74, 6) is 0. The minimum Gasteiger partial charge on any atom is -0.382 e. The van der Waals surface area contributed by atoms with E-state index < -0.39 is 0 Å². The van der Waals surface area contributed by atoms with Gasteiger partial charge in [-0.2, -0.15) is 0 Å². The van der Waals surface area contributed by atoms with Crippen LogP contribution in [0.4, 0.5) is 0 Å². The first-order chi connectivity index (χ1) is 7.86. The standard InChI is InChI=1S/C14H23NO/c1-3-15-14(10-11-16-4-2)12-13-8-6-5-7-9-13/h5-9,14-15H,3-4,10-12H2,1-2H3. The highest BCUT2D eigenvalue weighted by atomic mass is 16.5. The highest BCUT2D eigenvalue weighted by Crippen LogP contribution is 2.06. The van der Waals surface area contributed by atoms with E-state index in [-0.39, 0.29) is 0 Å². The molecule has 0 aliphatic heterocycles. The third kappa shape index (κ3) is 5.29. The van der Waals surface area contributed by atoms with E-state index in [1.54, 1.807) is 0 Å². The number of ether oxygens (including phenoxy) is 1. The van der Waals surface area contributed by atoms with Crippen molar-refractivity contribution < 1.29 is 4.74 Å². The molecular weight excluding hydrogens is 198 g/mol. The molecular formula is C14H23NO. The van der Waals surface area contributed by atoms with E-state index in [4.69, 9.17) is 4.74 Å². The fourth-order valence-electron chi connectivity index (χ4n) is 1.83. The van der Waals surface area contributed by atoms with Crippen LogP contribution in [0.15, 0.2) is 30.3 Å². The van der Waals surface area contributed by atoms with Crippen molar-refractivity contribution in [3.05, 3.63) is 35.9 Å². The van der Waals surface area contributed by atoms with Crippen LogP contribution in [0.5, 0.6) is 0 Å². The Balaban J connectivity index is 2.38. The van der Waals surface area contributed by atoms with E-state index in [1.165, 1.54) is 5.56 Å². The smallest absolute Gasteiger partial charge is 0.0480 e. The van der Waals surface area contributed by atoms with Crippen molar-refractivity contribution in [3.63, 3.8) is 0 Å². The number of rotatable bonds is 8. The van der Waals surface area contributed by atoms with Crippen molar-refractivity contribution in [2.24, 2.45) is 0 Å². The third-order valence-corrected chi connectivity index (χ3v) is 2.63. The Hall–Kier alpha value is -0.860. The molecule has 2 heteroatoms. The van der Waals surface area contributed by atoms with E-state index in [2.05, 4.69) is 42.6 Å². The highest BCUT2D eigenvalue weighted by molar-refractivity contribution is 5.15. The first-order valence-electron chi connectivity index (χ1n) is 6.21. The molecule has 0 bridgehead atoms. The molecule has 0 heterocycles. The average Bonchev–Trinajstić information content (AvgIpc) is 2.31. The summed E-state index contributed by atoms with van der Waals surface area (Å²) in [5, 5.41) is 3.51. The SMILES string of the molecule is CCNC(CCOCC)Cc1ccccc1. The summed E-state index contributed by atoms with van der Waals surface area (Å²) >= 11 is 0. The first-order valence-corrected chi connectivity index (χ1v) is 6.21. The summed E-state index contributed by atoms with van der Waals surface area (Å²) in [6.07, 6.45) is 2.17. The van der Waals surface area contributed by atoms with Gasteiger partial charge in [0.2, 0.25) is 0 Å². The molecule has 2 nitrogen and oxygen atoms in total. The highest BCUT2D eigenvalue weighted by Gasteiger charge is 2.07. The maximum atomic E-state index is 5.41. The molecule has 0 aliphatic rings. The Morgan fingerprint density at radius 1 is 1.19 bits per heavy atom. The summed E-state index contributed by atoms with van der Waals surface area (Å²) < 4.78 is 5.41. The van der Waals surface area contributed by atoms with Gasteiger partial charge in [0.15, 0.2) is 0 Å². The second kappa shape index (κ2) is 8.31. The van der Waals surface area contributed by atoms with Crippen molar-refractivity contribution in [1.29, 1.82) is 0 Å². The van der Waals surface area contributed by atoms with Crippen LogP contribution in [0.25, 0.3) is 0 Å². The minimum atomic E-state index is 0.527. The Labute approximate surface area is 99.0 Å². The second-order valence-electron chi connectivity index (χ2n) is 3.93. The van der Waals surface area contributed by atoms with Crippen molar-refractivity contribution >= 4 is 0 Å².